The number of rotatable bonds is 7. The zero-order valence-corrected chi connectivity index (χ0v) is 16.9. The first-order valence-corrected chi connectivity index (χ1v) is 9.93. The number of hydrogen-bond acceptors (Lipinski definition) is 5. The Hall–Kier alpha value is -2.25. The Morgan fingerprint density at radius 2 is 2.04 bits per heavy atom. The van der Waals surface area contributed by atoms with E-state index in [0.29, 0.717) is 24.8 Å². The Labute approximate surface area is 164 Å². The number of hydrogen-bond donors (Lipinski definition) is 2. The minimum absolute atomic E-state index is 0.0224. The number of aliphatic hydroxyl groups is 1. The van der Waals surface area contributed by atoms with Gasteiger partial charge in [-0.3, -0.25) is 9.59 Å². The molecule has 1 aliphatic carbocycles. The third-order valence-electron chi connectivity index (χ3n) is 5.22. The van der Waals surface area contributed by atoms with E-state index >= 15 is 0 Å². The van der Waals surface area contributed by atoms with Gasteiger partial charge in [-0.2, -0.15) is 5.10 Å². The highest BCUT2D eigenvalue weighted by Crippen LogP contribution is 2.26. The summed E-state index contributed by atoms with van der Waals surface area (Å²) in [7, 11) is 0. The SMILES string of the molecule is CCOC(C)c1ccc2c(=O)n(CC(=O)NC3CC(O)C3)nc(C(C)C)c2c1. The monoisotopic (exact) mass is 387 g/mol. The molecule has 7 heteroatoms. The van der Waals surface area contributed by atoms with E-state index in [1.54, 1.807) is 6.07 Å². The molecule has 1 aliphatic rings. The summed E-state index contributed by atoms with van der Waals surface area (Å²) in [6.07, 6.45) is 0.710. The fourth-order valence-corrected chi connectivity index (χ4v) is 3.58. The lowest BCUT2D eigenvalue weighted by molar-refractivity contribution is -0.123. The molecular weight excluding hydrogens is 358 g/mol. The fourth-order valence-electron chi connectivity index (χ4n) is 3.58. The van der Waals surface area contributed by atoms with Gasteiger partial charge in [0.1, 0.15) is 6.54 Å². The van der Waals surface area contributed by atoms with Gasteiger partial charge in [0, 0.05) is 18.0 Å². The molecule has 0 radical (unpaired) electrons. The summed E-state index contributed by atoms with van der Waals surface area (Å²) in [6.45, 7) is 8.46. The van der Waals surface area contributed by atoms with Crippen molar-refractivity contribution in [2.45, 2.75) is 71.2 Å². The number of nitrogens with zero attached hydrogens (tertiary/aromatic N) is 2. The number of ether oxygens (including phenoxy) is 1. The van der Waals surface area contributed by atoms with Gasteiger partial charge >= 0.3 is 0 Å². The maximum Gasteiger partial charge on any atom is 0.275 e. The van der Waals surface area contributed by atoms with Gasteiger partial charge in [-0.1, -0.05) is 19.9 Å². The highest BCUT2D eigenvalue weighted by atomic mass is 16.5. The summed E-state index contributed by atoms with van der Waals surface area (Å²) in [5.41, 5.74) is 1.50. The van der Waals surface area contributed by atoms with E-state index in [0.717, 1.165) is 16.6 Å². The lowest BCUT2D eigenvalue weighted by atomic mass is 9.89. The van der Waals surface area contributed by atoms with Crippen LogP contribution in [0.3, 0.4) is 0 Å². The summed E-state index contributed by atoms with van der Waals surface area (Å²) in [5, 5.41) is 18.1. The zero-order valence-electron chi connectivity index (χ0n) is 16.9. The number of benzene rings is 1. The smallest absolute Gasteiger partial charge is 0.275 e. The lowest BCUT2D eigenvalue weighted by Gasteiger charge is -2.31. The maximum atomic E-state index is 12.9. The number of aliphatic hydroxyl groups excluding tert-OH is 1. The minimum atomic E-state index is -0.340. The molecule has 2 N–H and O–H groups in total. The van der Waals surface area contributed by atoms with Crippen LogP contribution in [0.15, 0.2) is 23.0 Å². The zero-order chi connectivity index (χ0) is 20.4. The van der Waals surface area contributed by atoms with Crippen LogP contribution in [-0.4, -0.2) is 39.5 Å². The third kappa shape index (κ3) is 4.25. The average Bonchev–Trinajstić information content (AvgIpc) is 2.62. The predicted octanol–water partition coefficient (Wildman–Crippen LogP) is 2.26. The van der Waals surface area contributed by atoms with Gasteiger partial charge in [-0.05, 0) is 50.3 Å². The molecule has 0 aliphatic heterocycles. The van der Waals surface area contributed by atoms with Crippen LogP contribution in [0.5, 0.6) is 0 Å². The number of carbonyl (C=O) groups excluding carboxylic acids is 1. The van der Waals surface area contributed by atoms with Crippen LogP contribution in [-0.2, 0) is 16.1 Å². The second kappa shape index (κ2) is 8.41. The first-order chi connectivity index (χ1) is 13.3. The Morgan fingerprint density at radius 3 is 2.64 bits per heavy atom. The van der Waals surface area contributed by atoms with Crippen LogP contribution in [0, 0.1) is 0 Å². The molecule has 0 spiro atoms. The lowest BCUT2D eigenvalue weighted by Crippen LogP contribution is -2.48. The Kier molecular flexibility index (Phi) is 6.15. The molecular formula is C21H29N3O4. The number of aromatic nitrogens is 2. The van der Waals surface area contributed by atoms with Crippen molar-refractivity contribution in [3.63, 3.8) is 0 Å². The molecule has 0 bridgehead atoms. The van der Waals surface area contributed by atoms with Crippen molar-refractivity contribution in [2.75, 3.05) is 6.61 Å². The van der Waals surface area contributed by atoms with Crippen molar-refractivity contribution in [3.8, 4) is 0 Å². The van der Waals surface area contributed by atoms with E-state index in [1.165, 1.54) is 4.68 Å². The second-order valence-electron chi connectivity index (χ2n) is 7.79. The van der Waals surface area contributed by atoms with Gasteiger partial charge in [0.25, 0.3) is 5.56 Å². The molecule has 28 heavy (non-hydrogen) atoms. The van der Waals surface area contributed by atoms with E-state index in [2.05, 4.69) is 10.4 Å². The number of carbonyl (C=O) groups is 1. The van der Waals surface area contributed by atoms with Crippen molar-refractivity contribution < 1.29 is 14.6 Å². The summed E-state index contributed by atoms with van der Waals surface area (Å²) < 4.78 is 6.91. The molecule has 1 unspecified atom stereocenters. The summed E-state index contributed by atoms with van der Waals surface area (Å²) in [5.74, 6) is -0.168. The van der Waals surface area contributed by atoms with Gasteiger partial charge in [-0.15, -0.1) is 0 Å². The molecule has 1 saturated carbocycles. The van der Waals surface area contributed by atoms with E-state index in [9.17, 15) is 14.7 Å². The largest absolute Gasteiger partial charge is 0.393 e. The molecule has 1 amide bonds. The minimum Gasteiger partial charge on any atom is -0.393 e. The first kappa shape index (κ1) is 20.5. The van der Waals surface area contributed by atoms with Crippen LogP contribution in [0.2, 0.25) is 0 Å². The standard InChI is InChI=1S/C21H29N3O4/c1-5-28-13(4)14-6-7-17-18(8-14)20(12(2)3)23-24(21(17)27)11-19(26)22-15-9-16(25)10-15/h6-8,12-13,15-16,25H,5,9-11H2,1-4H3,(H,22,26). The summed E-state index contributed by atoms with van der Waals surface area (Å²) in [6, 6.07) is 5.64. The molecule has 1 fully saturated rings. The molecule has 0 saturated heterocycles. The van der Waals surface area contributed by atoms with E-state index in [1.807, 2.05) is 39.8 Å². The third-order valence-corrected chi connectivity index (χ3v) is 5.22. The van der Waals surface area contributed by atoms with Gasteiger partial charge in [0.2, 0.25) is 5.91 Å². The molecule has 1 aromatic heterocycles. The number of amides is 1. The van der Waals surface area contributed by atoms with E-state index in [4.69, 9.17) is 4.74 Å². The quantitative estimate of drug-likeness (QED) is 0.760. The van der Waals surface area contributed by atoms with Gasteiger partial charge in [0.15, 0.2) is 0 Å². The fraction of sp³-hybridized carbons (Fsp3) is 0.571. The molecule has 2 aromatic rings. The van der Waals surface area contributed by atoms with Crippen molar-refractivity contribution in [3.05, 3.63) is 39.8 Å². The van der Waals surface area contributed by atoms with Crippen molar-refractivity contribution in [2.24, 2.45) is 0 Å². The van der Waals surface area contributed by atoms with Gasteiger partial charge in [-0.25, -0.2) is 4.68 Å². The van der Waals surface area contributed by atoms with Crippen LogP contribution in [0.1, 0.15) is 63.8 Å². The molecule has 152 valence electrons. The van der Waals surface area contributed by atoms with Crippen molar-refractivity contribution >= 4 is 16.7 Å². The number of fused-ring (bicyclic) bond motifs is 1. The van der Waals surface area contributed by atoms with Crippen LogP contribution in [0.25, 0.3) is 10.8 Å². The molecule has 1 atom stereocenters. The Bertz CT molecular complexity index is 916. The molecule has 1 aromatic carbocycles. The predicted molar refractivity (Wildman–Crippen MR) is 107 cm³/mol. The van der Waals surface area contributed by atoms with Crippen molar-refractivity contribution in [1.29, 1.82) is 0 Å². The normalized spacial score (nSPS) is 20.2. The first-order valence-electron chi connectivity index (χ1n) is 9.93. The van der Waals surface area contributed by atoms with E-state index < -0.39 is 0 Å². The van der Waals surface area contributed by atoms with Crippen LogP contribution >= 0.6 is 0 Å². The van der Waals surface area contributed by atoms with Crippen LogP contribution in [0.4, 0.5) is 0 Å². The average molecular weight is 387 g/mol. The summed E-state index contributed by atoms with van der Waals surface area (Å²) >= 11 is 0. The maximum absolute atomic E-state index is 12.9. The summed E-state index contributed by atoms with van der Waals surface area (Å²) in [4.78, 5) is 25.2. The molecule has 1 heterocycles. The van der Waals surface area contributed by atoms with Gasteiger partial charge in [0.05, 0.1) is 23.3 Å². The Morgan fingerprint density at radius 1 is 1.32 bits per heavy atom. The Balaban J connectivity index is 1.94. The van der Waals surface area contributed by atoms with Gasteiger partial charge < -0.3 is 15.2 Å². The van der Waals surface area contributed by atoms with Crippen molar-refractivity contribution in [1.82, 2.24) is 15.1 Å². The molecule has 7 nitrogen and oxygen atoms in total. The second-order valence-corrected chi connectivity index (χ2v) is 7.79. The topological polar surface area (TPSA) is 93.5 Å². The molecule has 3 rings (SSSR count). The highest BCUT2D eigenvalue weighted by molar-refractivity contribution is 5.85. The highest BCUT2D eigenvalue weighted by Gasteiger charge is 2.28. The van der Waals surface area contributed by atoms with E-state index in [-0.39, 0.29) is 42.2 Å². The van der Waals surface area contributed by atoms with Crippen LogP contribution < -0.4 is 10.9 Å². The number of nitrogens with one attached hydrogen (secondary N) is 1.